The number of rotatable bonds is 14. The fraction of sp³-hybridized carbons (Fsp3) is 0.500. The van der Waals surface area contributed by atoms with Gasteiger partial charge in [0, 0.05) is 18.7 Å². The van der Waals surface area contributed by atoms with Crippen molar-refractivity contribution < 1.29 is 32.6 Å². The van der Waals surface area contributed by atoms with Gasteiger partial charge in [0.05, 0.1) is 43.1 Å². The van der Waals surface area contributed by atoms with Gasteiger partial charge in [-0.1, -0.05) is 58.4 Å². The third-order valence-electron chi connectivity index (χ3n) is 6.70. The molecule has 1 atom stereocenters. The minimum absolute atomic E-state index is 0.00772. The fourth-order valence-electron chi connectivity index (χ4n) is 4.60. The smallest absolute Gasteiger partial charge is 0.343 e. The van der Waals surface area contributed by atoms with E-state index in [1.807, 2.05) is 13.8 Å². The molecule has 2 aromatic carbocycles. The lowest BCUT2D eigenvalue weighted by Gasteiger charge is -2.39. The minimum Gasteiger partial charge on any atom is -0.496 e. The molecule has 0 saturated heterocycles. The van der Waals surface area contributed by atoms with Gasteiger partial charge in [-0.25, -0.2) is 9.18 Å². The van der Waals surface area contributed by atoms with Crippen LogP contribution in [0.15, 0.2) is 42.1 Å². The number of carbonyl (C=O) groups is 2. The van der Waals surface area contributed by atoms with E-state index >= 15 is 0 Å². The SMILES string of the molecule is CCOC(=O)C(=CN[C@@H](C(C)C)C(C)(C)O[SiH2]C(C)(C)C)C(=O)c1cc(Cc2cccc(Cl)c2F)c(OC)cc1OC. The van der Waals surface area contributed by atoms with E-state index < -0.39 is 32.9 Å². The molecule has 0 radical (unpaired) electrons. The summed E-state index contributed by atoms with van der Waals surface area (Å²) in [6, 6.07) is 7.60. The molecule has 0 aromatic heterocycles. The van der Waals surface area contributed by atoms with Crippen molar-refractivity contribution in [2.45, 2.75) is 78.5 Å². The molecular formula is C32H45ClFNO6Si. The van der Waals surface area contributed by atoms with Crippen molar-refractivity contribution in [3.8, 4) is 11.5 Å². The number of carbonyl (C=O) groups excluding carboxylic acids is 2. The van der Waals surface area contributed by atoms with Crippen LogP contribution < -0.4 is 14.8 Å². The molecule has 0 aliphatic carbocycles. The Morgan fingerprint density at radius 1 is 1.05 bits per heavy atom. The number of ketones is 1. The second-order valence-electron chi connectivity index (χ2n) is 12.2. The first-order valence-electron chi connectivity index (χ1n) is 14.1. The van der Waals surface area contributed by atoms with E-state index in [0.717, 1.165) is 0 Å². The number of hydrogen-bond donors (Lipinski definition) is 1. The zero-order valence-electron chi connectivity index (χ0n) is 26.4. The molecule has 2 rings (SSSR count). The Hall–Kier alpha value is -2.88. The van der Waals surface area contributed by atoms with Crippen LogP contribution in [0, 0.1) is 11.7 Å². The molecule has 0 amide bonds. The van der Waals surface area contributed by atoms with Gasteiger partial charge in [0.2, 0.25) is 5.78 Å². The molecule has 0 bridgehead atoms. The third-order valence-corrected chi connectivity index (χ3v) is 8.75. The van der Waals surface area contributed by atoms with E-state index in [1.165, 1.54) is 26.5 Å². The Balaban J connectivity index is 2.58. The maximum absolute atomic E-state index is 14.8. The molecule has 0 spiro atoms. The highest BCUT2D eigenvalue weighted by Gasteiger charge is 2.34. The summed E-state index contributed by atoms with van der Waals surface area (Å²) in [5.74, 6) is -1.25. The lowest BCUT2D eigenvalue weighted by atomic mass is 9.89. The van der Waals surface area contributed by atoms with Crippen LogP contribution in [-0.2, 0) is 20.4 Å². The fourth-order valence-corrected chi connectivity index (χ4v) is 5.78. The van der Waals surface area contributed by atoms with Crippen LogP contribution in [0.25, 0.3) is 0 Å². The van der Waals surface area contributed by atoms with Gasteiger partial charge in [-0.15, -0.1) is 0 Å². The summed E-state index contributed by atoms with van der Waals surface area (Å²) >= 11 is 5.99. The second-order valence-corrected chi connectivity index (χ2v) is 15.3. The number of benzene rings is 2. The summed E-state index contributed by atoms with van der Waals surface area (Å²) in [5.41, 5.74) is 0.177. The van der Waals surface area contributed by atoms with Gasteiger partial charge in [0.25, 0.3) is 0 Å². The summed E-state index contributed by atoms with van der Waals surface area (Å²) in [6.45, 7) is 16.3. The van der Waals surface area contributed by atoms with Crippen molar-refractivity contribution in [3.63, 3.8) is 0 Å². The first-order chi connectivity index (χ1) is 19.6. The molecule has 0 unspecified atom stereocenters. The van der Waals surface area contributed by atoms with Crippen molar-refractivity contribution in [3.05, 3.63) is 69.6 Å². The van der Waals surface area contributed by atoms with Gasteiger partial charge in [-0.3, -0.25) is 4.79 Å². The predicted octanol–water partition coefficient (Wildman–Crippen LogP) is 6.43. The number of methoxy groups -OCH3 is 2. The minimum atomic E-state index is -0.880. The lowest BCUT2D eigenvalue weighted by molar-refractivity contribution is -0.138. The zero-order valence-corrected chi connectivity index (χ0v) is 28.6. The van der Waals surface area contributed by atoms with Gasteiger partial charge in [-0.2, -0.15) is 0 Å². The second kappa shape index (κ2) is 15.0. The Bertz CT molecular complexity index is 1290. The van der Waals surface area contributed by atoms with Gasteiger partial charge in [-0.05, 0) is 55.0 Å². The highest BCUT2D eigenvalue weighted by molar-refractivity contribution is 6.32. The summed E-state index contributed by atoms with van der Waals surface area (Å²) in [4.78, 5) is 27.1. The molecule has 0 aliphatic heterocycles. The molecule has 2 aromatic rings. The zero-order chi connectivity index (χ0) is 31.8. The average Bonchev–Trinajstić information content (AvgIpc) is 2.91. The van der Waals surface area contributed by atoms with E-state index in [-0.39, 0.29) is 51.9 Å². The molecule has 0 heterocycles. The lowest BCUT2D eigenvalue weighted by Crippen LogP contribution is -2.51. The predicted molar refractivity (Wildman–Crippen MR) is 168 cm³/mol. The number of hydrogen-bond acceptors (Lipinski definition) is 7. The molecule has 0 fully saturated rings. The van der Waals surface area contributed by atoms with E-state index in [1.54, 1.807) is 31.2 Å². The Kier molecular flexibility index (Phi) is 12.6. The van der Waals surface area contributed by atoms with Gasteiger partial charge in [0.15, 0.2) is 9.76 Å². The molecule has 1 N–H and O–H groups in total. The number of ether oxygens (including phenoxy) is 3. The van der Waals surface area contributed by atoms with Gasteiger partial charge in [0.1, 0.15) is 22.9 Å². The summed E-state index contributed by atoms with van der Waals surface area (Å²) in [6.07, 6.45) is 1.50. The molecule has 10 heteroatoms. The van der Waals surface area contributed by atoms with E-state index in [0.29, 0.717) is 16.9 Å². The van der Waals surface area contributed by atoms with Crippen molar-refractivity contribution in [1.82, 2.24) is 5.32 Å². The maximum atomic E-state index is 14.8. The van der Waals surface area contributed by atoms with Crippen molar-refractivity contribution >= 4 is 33.1 Å². The quantitative estimate of drug-likeness (QED) is 0.0650. The molecule has 42 heavy (non-hydrogen) atoms. The monoisotopic (exact) mass is 621 g/mol. The summed E-state index contributed by atoms with van der Waals surface area (Å²) < 4.78 is 37.5. The normalized spacial score (nSPS) is 13.4. The third kappa shape index (κ3) is 9.31. The molecule has 7 nitrogen and oxygen atoms in total. The Morgan fingerprint density at radius 3 is 2.24 bits per heavy atom. The maximum Gasteiger partial charge on any atom is 0.343 e. The highest BCUT2D eigenvalue weighted by Crippen LogP contribution is 2.34. The van der Waals surface area contributed by atoms with E-state index in [2.05, 4.69) is 39.9 Å². The van der Waals surface area contributed by atoms with Crippen LogP contribution in [0.5, 0.6) is 11.5 Å². The standard InChI is InChI=1S/C32H45ClFNO6Si/c1-11-40-30(37)23(18-35-29(19(2)3)32(7,8)41-42-31(4,5)6)28(36)22-16-21(25(38-9)17-26(22)39-10)15-20-13-12-14-24(33)27(20)34/h12-14,16-19,29,35H,11,15,42H2,1-10H3/t29-/m0/s1. The molecule has 0 aliphatic rings. The summed E-state index contributed by atoms with van der Waals surface area (Å²) in [5, 5.41) is 3.38. The number of halogens is 2. The Labute approximate surface area is 257 Å². The average molecular weight is 622 g/mol. The highest BCUT2D eigenvalue weighted by atomic mass is 35.5. The van der Waals surface area contributed by atoms with E-state index in [9.17, 15) is 14.0 Å². The number of nitrogens with one attached hydrogen (secondary N) is 1. The number of esters is 1. The van der Waals surface area contributed by atoms with Crippen molar-refractivity contribution in [2.24, 2.45) is 5.92 Å². The van der Waals surface area contributed by atoms with Crippen LogP contribution in [0.4, 0.5) is 4.39 Å². The number of Topliss-reactive ketones (excluding diaryl/α,β-unsaturated/α-hetero) is 1. The van der Waals surface area contributed by atoms with Crippen LogP contribution in [0.3, 0.4) is 0 Å². The largest absolute Gasteiger partial charge is 0.496 e. The first kappa shape index (κ1) is 35.3. The van der Waals surface area contributed by atoms with Crippen LogP contribution in [0.1, 0.15) is 76.9 Å². The van der Waals surface area contributed by atoms with Gasteiger partial charge >= 0.3 is 5.97 Å². The Morgan fingerprint density at radius 2 is 1.69 bits per heavy atom. The van der Waals surface area contributed by atoms with Gasteiger partial charge < -0.3 is 24.0 Å². The van der Waals surface area contributed by atoms with Crippen LogP contribution in [0.2, 0.25) is 10.1 Å². The van der Waals surface area contributed by atoms with E-state index in [4.69, 9.17) is 30.2 Å². The molecule has 0 saturated carbocycles. The molecule has 232 valence electrons. The van der Waals surface area contributed by atoms with Crippen molar-refractivity contribution in [1.29, 1.82) is 0 Å². The molecular weight excluding hydrogens is 577 g/mol. The summed E-state index contributed by atoms with van der Waals surface area (Å²) in [7, 11) is 2.01. The van der Waals surface area contributed by atoms with Crippen LogP contribution >= 0.6 is 11.6 Å². The van der Waals surface area contributed by atoms with Crippen molar-refractivity contribution in [2.75, 3.05) is 20.8 Å². The van der Waals surface area contributed by atoms with Crippen LogP contribution in [-0.4, -0.2) is 54.0 Å². The topological polar surface area (TPSA) is 83.1 Å². The first-order valence-corrected chi connectivity index (χ1v) is 15.7.